The van der Waals surface area contributed by atoms with Gasteiger partial charge in [-0.15, -0.1) is 0 Å². The van der Waals surface area contributed by atoms with Crippen molar-refractivity contribution in [3.05, 3.63) is 34.3 Å². The Labute approximate surface area is 151 Å². The summed E-state index contributed by atoms with van der Waals surface area (Å²) in [7, 11) is 0. The van der Waals surface area contributed by atoms with E-state index in [-0.39, 0.29) is 29.6 Å². The van der Waals surface area contributed by atoms with Gasteiger partial charge in [0.05, 0.1) is 12.7 Å². The number of nitrogens with one attached hydrogen (secondary N) is 1. The van der Waals surface area contributed by atoms with Gasteiger partial charge in [-0.2, -0.15) is 0 Å². The van der Waals surface area contributed by atoms with E-state index in [0.717, 1.165) is 29.0 Å². The maximum atomic E-state index is 12.4. The number of likely N-dealkylation sites (tertiary alicyclic amines) is 1. The van der Waals surface area contributed by atoms with Gasteiger partial charge in [-0.25, -0.2) is 4.79 Å². The lowest BCUT2D eigenvalue weighted by Gasteiger charge is -2.48. The van der Waals surface area contributed by atoms with Crippen LogP contribution in [0.15, 0.2) is 18.2 Å². The first kappa shape index (κ1) is 16.7. The second-order valence-electron chi connectivity index (χ2n) is 7.36. The summed E-state index contributed by atoms with van der Waals surface area (Å²) in [6.45, 7) is 3.92. The molecule has 134 valence electrons. The summed E-state index contributed by atoms with van der Waals surface area (Å²) < 4.78 is 10.8. The Hall–Kier alpha value is -1.79. The van der Waals surface area contributed by atoms with Crippen molar-refractivity contribution in [3.8, 4) is 0 Å². The molecule has 0 aromatic heterocycles. The molecule has 2 saturated heterocycles. The lowest BCUT2D eigenvalue weighted by Crippen LogP contribution is -2.71. The van der Waals surface area contributed by atoms with Crippen molar-refractivity contribution < 1.29 is 19.1 Å². The van der Waals surface area contributed by atoms with Crippen LogP contribution in [0.3, 0.4) is 0 Å². The van der Waals surface area contributed by atoms with E-state index in [1.165, 1.54) is 0 Å². The number of nitrogens with zero attached hydrogens (tertiary/aromatic N) is 1. The second kappa shape index (κ2) is 6.18. The van der Waals surface area contributed by atoms with Crippen LogP contribution in [-0.2, 0) is 20.9 Å². The Morgan fingerprint density at radius 2 is 2.20 bits per heavy atom. The van der Waals surface area contributed by atoms with Crippen LogP contribution < -0.4 is 5.32 Å². The number of aryl methyl sites for hydroxylation is 1. The van der Waals surface area contributed by atoms with E-state index < -0.39 is 0 Å². The van der Waals surface area contributed by atoms with Crippen LogP contribution in [0.2, 0.25) is 5.02 Å². The number of rotatable bonds is 4. The SMILES string of the molecule is Cc1ccc(COC2CC(C(=O)N3CC4(COC(=O)N4)C3)C2)cc1Cl. The normalized spacial score (nSPS) is 26.6. The van der Waals surface area contributed by atoms with Gasteiger partial charge in [0.1, 0.15) is 12.1 Å². The van der Waals surface area contributed by atoms with Gasteiger partial charge in [-0.1, -0.05) is 23.7 Å². The van der Waals surface area contributed by atoms with Crippen molar-refractivity contribution in [3.63, 3.8) is 0 Å². The smallest absolute Gasteiger partial charge is 0.407 e. The molecule has 25 heavy (non-hydrogen) atoms. The largest absolute Gasteiger partial charge is 0.447 e. The highest BCUT2D eigenvalue weighted by molar-refractivity contribution is 6.31. The molecule has 3 aliphatic rings. The highest BCUT2D eigenvalue weighted by atomic mass is 35.5. The number of cyclic esters (lactones) is 1. The zero-order chi connectivity index (χ0) is 17.6. The Morgan fingerprint density at radius 1 is 1.44 bits per heavy atom. The van der Waals surface area contributed by atoms with Crippen molar-refractivity contribution in [1.29, 1.82) is 0 Å². The number of hydrogen-bond donors (Lipinski definition) is 1. The number of carbonyl (C=O) groups is 2. The van der Waals surface area contributed by atoms with Crippen molar-refractivity contribution in [1.82, 2.24) is 10.2 Å². The van der Waals surface area contributed by atoms with E-state index >= 15 is 0 Å². The lowest BCUT2D eigenvalue weighted by atomic mass is 9.79. The highest BCUT2D eigenvalue weighted by Gasteiger charge is 2.53. The molecule has 1 aliphatic carbocycles. The number of hydrogen-bond acceptors (Lipinski definition) is 4. The molecule has 2 aliphatic heterocycles. The number of halogens is 1. The Bertz CT molecular complexity index is 711. The standard InChI is InChI=1S/C18H21ClN2O4/c1-11-2-3-12(4-15(11)19)7-24-14-5-13(6-14)16(22)21-8-18(9-21)10-25-17(23)20-18/h2-4,13-14H,5-10H2,1H3,(H,20,23). The first-order valence-electron chi connectivity index (χ1n) is 8.54. The van der Waals surface area contributed by atoms with Crippen LogP contribution in [0.1, 0.15) is 24.0 Å². The summed E-state index contributed by atoms with van der Waals surface area (Å²) in [5, 5.41) is 3.54. The van der Waals surface area contributed by atoms with Crippen molar-refractivity contribution in [2.24, 2.45) is 5.92 Å². The molecule has 6 nitrogen and oxygen atoms in total. The molecule has 1 aromatic carbocycles. The molecule has 2 heterocycles. The molecule has 7 heteroatoms. The number of carbonyl (C=O) groups excluding carboxylic acids is 2. The topological polar surface area (TPSA) is 67.9 Å². The Kier molecular flexibility index (Phi) is 4.12. The average molecular weight is 365 g/mol. The highest BCUT2D eigenvalue weighted by Crippen LogP contribution is 2.35. The predicted molar refractivity (Wildman–Crippen MR) is 91.3 cm³/mol. The monoisotopic (exact) mass is 364 g/mol. The molecule has 0 radical (unpaired) electrons. The lowest BCUT2D eigenvalue weighted by molar-refractivity contribution is -0.153. The van der Waals surface area contributed by atoms with E-state index in [1.807, 2.05) is 25.1 Å². The molecule has 0 atom stereocenters. The van der Waals surface area contributed by atoms with E-state index in [0.29, 0.717) is 26.3 Å². The van der Waals surface area contributed by atoms with Gasteiger partial charge in [-0.05, 0) is 37.0 Å². The number of amides is 2. The number of ether oxygens (including phenoxy) is 2. The van der Waals surface area contributed by atoms with Gasteiger partial charge >= 0.3 is 6.09 Å². The minimum atomic E-state index is -0.389. The first-order valence-corrected chi connectivity index (χ1v) is 8.92. The Balaban J connectivity index is 1.20. The minimum Gasteiger partial charge on any atom is -0.447 e. The molecular weight excluding hydrogens is 344 g/mol. The van der Waals surface area contributed by atoms with E-state index in [2.05, 4.69) is 5.32 Å². The second-order valence-corrected chi connectivity index (χ2v) is 7.77. The molecule has 3 fully saturated rings. The minimum absolute atomic E-state index is 0.0296. The van der Waals surface area contributed by atoms with E-state index in [1.54, 1.807) is 4.90 Å². The van der Waals surface area contributed by atoms with Gasteiger partial charge in [-0.3, -0.25) is 4.79 Å². The Morgan fingerprint density at radius 3 is 2.84 bits per heavy atom. The molecule has 1 aromatic rings. The first-order chi connectivity index (χ1) is 11.9. The fraction of sp³-hybridized carbons (Fsp3) is 0.556. The van der Waals surface area contributed by atoms with Gasteiger partial charge < -0.3 is 19.7 Å². The summed E-state index contributed by atoms with van der Waals surface area (Å²) in [6.07, 6.45) is 1.24. The third-order valence-electron chi connectivity index (χ3n) is 5.31. The number of alkyl carbamates (subject to hydrolysis) is 1. The van der Waals surface area contributed by atoms with Crippen LogP contribution in [0.4, 0.5) is 4.79 Å². The van der Waals surface area contributed by atoms with Gasteiger partial charge in [0, 0.05) is 24.0 Å². The summed E-state index contributed by atoms with van der Waals surface area (Å²) in [5.41, 5.74) is 1.75. The van der Waals surface area contributed by atoms with Crippen molar-refractivity contribution in [2.45, 2.75) is 38.0 Å². The van der Waals surface area contributed by atoms with Gasteiger partial charge in [0.2, 0.25) is 5.91 Å². The van der Waals surface area contributed by atoms with Crippen LogP contribution in [-0.4, -0.2) is 48.2 Å². The summed E-state index contributed by atoms with van der Waals surface area (Å²) in [5.74, 6) is 0.187. The molecular formula is C18H21ClN2O4. The van der Waals surface area contributed by atoms with Crippen molar-refractivity contribution >= 4 is 23.6 Å². The van der Waals surface area contributed by atoms with E-state index in [4.69, 9.17) is 21.1 Å². The van der Waals surface area contributed by atoms with Gasteiger partial charge in [0.25, 0.3) is 0 Å². The van der Waals surface area contributed by atoms with Crippen LogP contribution in [0.25, 0.3) is 0 Å². The molecule has 4 rings (SSSR count). The molecule has 1 saturated carbocycles. The van der Waals surface area contributed by atoms with Crippen LogP contribution in [0.5, 0.6) is 0 Å². The summed E-state index contributed by atoms with van der Waals surface area (Å²) >= 11 is 6.12. The molecule has 1 spiro atoms. The maximum Gasteiger partial charge on any atom is 0.407 e. The van der Waals surface area contributed by atoms with Crippen LogP contribution in [0, 0.1) is 12.8 Å². The third kappa shape index (κ3) is 3.20. The number of benzene rings is 1. The maximum absolute atomic E-state index is 12.4. The predicted octanol–water partition coefficient (Wildman–Crippen LogP) is 2.26. The molecule has 0 unspecified atom stereocenters. The average Bonchev–Trinajstić information content (AvgIpc) is 2.90. The summed E-state index contributed by atoms with van der Waals surface area (Å²) in [4.78, 5) is 25.4. The fourth-order valence-corrected chi connectivity index (χ4v) is 3.81. The zero-order valence-corrected chi connectivity index (χ0v) is 14.8. The summed E-state index contributed by atoms with van der Waals surface area (Å²) in [6, 6.07) is 5.93. The zero-order valence-electron chi connectivity index (χ0n) is 14.1. The quantitative estimate of drug-likeness (QED) is 0.889. The molecule has 2 amide bonds. The van der Waals surface area contributed by atoms with Crippen molar-refractivity contribution in [2.75, 3.05) is 19.7 Å². The fourth-order valence-electron chi connectivity index (χ4n) is 3.60. The molecule has 1 N–H and O–H groups in total. The van der Waals surface area contributed by atoms with Gasteiger partial charge in [0.15, 0.2) is 0 Å². The van der Waals surface area contributed by atoms with Crippen LogP contribution >= 0.6 is 11.6 Å². The molecule has 0 bridgehead atoms. The van der Waals surface area contributed by atoms with E-state index in [9.17, 15) is 9.59 Å². The third-order valence-corrected chi connectivity index (χ3v) is 5.72.